The van der Waals surface area contributed by atoms with Crippen LogP contribution in [0.15, 0.2) is 41.2 Å². The van der Waals surface area contributed by atoms with Gasteiger partial charge in [0.2, 0.25) is 0 Å². The smallest absolute Gasteiger partial charge is 0.132 e. The third-order valence-electron chi connectivity index (χ3n) is 3.44. The van der Waals surface area contributed by atoms with Crippen LogP contribution < -0.4 is 10.6 Å². The summed E-state index contributed by atoms with van der Waals surface area (Å²) in [5.74, 6) is 0.993. The van der Waals surface area contributed by atoms with Crippen molar-refractivity contribution in [2.24, 2.45) is 5.73 Å². The van der Waals surface area contributed by atoms with Gasteiger partial charge in [0, 0.05) is 17.8 Å². The molecule has 3 rings (SSSR count). The fourth-order valence-corrected chi connectivity index (χ4v) is 3.00. The van der Waals surface area contributed by atoms with Gasteiger partial charge in [0.1, 0.15) is 5.82 Å². The van der Waals surface area contributed by atoms with Crippen molar-refractivity contribution >= 4 is 28.1 Å². The number of anilines is 1. The number of thiazole rings is 1. The number of nitrogens with zero attached hydrogens (tertiary/aromatic N) is 3. The molecular weight excluding hydrogens is 280 g/mol. The van der Waals surface area contributed by atoms with Gasteiger partial charge in [-0.2, -0.15) is 0 Å². The number of para-hydroxylation sites is 1. The number of fused-ring (bicyclic) bond motifs is 1. The lowest BCUT2D eigenvalue weighted by molar-refractivity contribution is 0.855. The van der Waals surface area contributed by atoms with Crippen molar-refractivity contribution in [2.45, 2.75) is 13.0 Å². The molecular formula is C16H18N4S. The summed E-state index contributed by atoms with van der Waals surface area (Å²) in [5, 5.41) is 3.23. The predicted molar refractivity (Wildman–Crippen MR) is 88.7 cm³/mol. The number of hydrogen-bond donors (Lipinski definition) is 1. The number of aromatic nitrogens is 2. The number of pyridine rings is 1. The van der Waals surface area contributed by atoms with Crippen molar-refractivity contribution in [3.8, 4) is 0 Å². The molecule has 2 heterocycles. The Labute approximate surface area is 128 Å². The number of hydrogen-bond acceptors (Lipinski definition) is 5. The normalized spacial score (nSPS) is 11.0. The van der Waals surface area contributed by atoms with Gasteiger partial charge in [0.05, 0.1) is 23.3 Å². The van der Waals surface area contributed by atoms with E-state index < -0.39 is 0 Å². The third-order valence-corrected chi connectivity index (χ3v) is 4.07. The summed E-state index contributed by atoms with van der Waals surface area (Å²) in [6.45, 7) is 1.38. The van der Waals surface area contributed by atoms with Crippen LogP contribution in [0, 0.1) is 0 Å². The van der Waals surface area contributed by atoms with Crippen LogP contribution in [-0.2, 0) is 13.0 Å². The van der Waals surface area contributed by atoms with Crippen molar-refractivity contribution in [1.82, 2.24) is 9.97 Å². The fourth-order valence-electron chi connectivity index (χ4n) is 2.45. The molecule has 0 bridgehead atoms. The zero-order valence-corrected chi connectivity index (χ0v) is 12.8. The molecule has 1 aromatic carbocycles. The van der Waals surface area contributed by atoms with Gasteiger partial charge in [-0.05, 0) is 30.7 Å². The molecule has 0 atom stereocenters. The van der Waals surface area contributed by atoms with Crippen molar-refractivity contribution in [2.75, 3.05) is 18.5 Å². The molecule has 21 heavy (non-hydrogen) atoms. The molecule has 0 radical (unpaired) electrons. The van der Waals surface area contributed by atoms with Gasteiger partial charge in [-0.15, -0.1) is 11.3 Å². The van der Waals surface area contributed by atoms with Gasteiger partial charge < -0.3 is 10.6 Å². The zero-order valence-electron chi connectivity index (χ0n) is 12.0. The highest BCUT2D eigenvalue weighted by molar-refractivity contribution is 7.07. The van der Waals surface area contributed by atoms with Crippen molar-refractivity contribution < 1.29 is 0 Å². The highest BCUT2D eigenvalue weighted by atomic mass is 32.1. The van der Waals surface area contributed by atoms with Gasteiger partial charge in [-0.1, -0.05) is 18.2 Å². The van der Waals surface area contributed by atoms with Crippen LogP contribution in [0.25, 0.3) is 10.9 Å². The Morgan fingerprint density at radius 1 is 1.29 bits per heavy atom. The molecule has 0 saturated heterocycles. The molecule has 0 aliphatic rings. The largest absolute Gasteiger partial charge is 0.353 e. The molecule has 3 aromatic rings. The minimum atomic E-state index is 0.623. The molecule has 108 valence electrons. The second-order valence-corrected chi connectivity index (χ2v) is 5.76. The fraction of sp³-hybridized carbons (Fsp3) is 0.250. The Kier molecular flexibility index (Phi) is 4.13. The highest BCUT2D eigenvalue weighted by Crippen LogP contribution is 2.24. The highest BCUT2D eigenvalue weighted by Gasteiger charge is 2.12. The lowest BCUT2D eigenvalue weighted by Gasteiger charge is -2.21. The Hall–Kier alpha value is -1.98. The first-order valence-corrected chi connectivity index (χ1v) is 7.89. The maximum Gasteiger partial charge on any atom is 0.132 e. The second-order valence-electron chi connectivity index (χ2n) is 5.04. The zero-order chi connectivity index (χ0) is 14.7. The van der Waals surface area contributed by atoms with E-state index in [2.05, 4.69) is 34.4 Å². The van der Waals surface area contributed by atoms with Crippen LogP contribution in [0.2, 0.25) is 0 Å². The van der Waals surface area contributed by atoms with Gasteiger partial charge >= 0.3 is 0 Å². The molecule has 0 unspecified atom stereocenters. The topological polar surface area (TPSA) is 55.0 Å². The lowest BCUT2D eigenvalue weighted by atomic mass is 10.1. The minimum absolute atomic E-state index is 0.623. The lowest BCUT2D eigenvalue weighted by Crippen LogP contribution is -2.20. The minimum Gasteiger partial charge on any atom is -0.353 e. The van der Waals surface area contributed by atoms with Crippen molar-refractivity contribution in [3.05, 3.63) is 52.5 Å². The quantitative estimate of drug-likeness (QED) is 0.787. The molecule has 0 aliphatic carbocycles. The van der Waals surface area contributed by atoms with Crippen LogP contribution in [0.5, 0.6) is 0 Å². The summed E-state index contributed by atoms with van der Waals surface area (Å²) >= 11 is 1.62. The molecule has 5 heteroatoms. The maximum atomic E-state index is 5.75. The average Bonchev–Trinajstić information content (AvgIpc) is 2.99. The summed E-state index contributed by atoms with van der Waals surface area (Å²) in [4.78, 5) is 11.3. The summed E-state index contributed by atoms with van der Waals surface area (Å²) in [6, 6.07) is 10.4. The molecule has 2 N–H and O–H groups in total. The summed E-state index contributed by atoms with van der Waals surface area (Å²) < 4.78 is 0. The molecule has 4 nitrogen and oxygen atoms in total. The second kappa shape index (κ2) is 6.20. The van der Waals surface area contributed by atoms with Crippen LogP contribution in [0.4, 0.5) is 5.82 Å². The molecule has 0 aliphatic heterocycles. The first-order chi connectivity index (χ1) is 10.3. The van der Waals surface area contributed by atoms with Crippen LogP contribution in [-0.4, -0.2) is 23.6 Å². The van der Waals surface area contributed by atoms with Crippen LogP contribution in [0.1, 0.15) is 11.3 Å². The Morgan fingerprint density at radius 3 is 2.90 bits per heavy atom. The average molecular weight is 298 g/mol. The number of rotatable bonds is 5. The van der Waals surface area contributed by atoms with Gasteiger partial charge in [-0.3, -0.25) is 0 Å². The first-order valence-electron chi connectivity index (χ1n) is 6.95. The monoisotopic (exact) mass is 298 g/mol. The van der Waals surface area contributed by atoms with Crippen LogP contribution >= 0.6 is 11.3 Å². The van der Waals surface area contributed by atoms with E-state index in [-0.39, 0.29) is 0 Å². The molecule has 0 saturated carbocycles. The third kappa shape index (κ3) is 3.04. The van der Waals surface area contributed by atoms with Crippen molar-refractivity contribution in [1.29, 1.82) is 0 Å². The van der Waals surface area contributed by atoms with E-state index >= 15 is 0 Å². The summed E-state index contributed by atoms with van der Waals surface area (Å²) in [5.41, 5.74) is 10.9. The van der Waals surface area contributed by atoms with Gasteiger partial charge in [-0.25, -0.2) is 9.97 Å². The standard InChI is InChI=1S/C16H18N4S/c1-20(9-14-10-21-11-18-14)16-13(6-7-17)8-12-4-2-3-5-15(12)19-16/h2-5,8,10-11H,6-7,9,17H2,1H3. The number of nitrogens with two attached hydrogens (primary N) is 1. The Balaban J connectivity index is 1.99. The van der Waals surface area contributed by atoms with E-state index in [4.69, 9.17) is 10.7 Å². The van der Waals surface area contributed by atoms with E-state index in [1.54, 1.807) is 11.3 Å². The molecule has 0 amide bonds. The number of benzene rings is 1. The molecule has 0 spiro atoms. The van der Waals surface area contributed by atoms with Gasteiger partial charge in [0.25, 0.3) is 0 Å². The molecule has 0 fully saturated rings. The van der Waals surface area contributed by atoms with Crippen molar-refractivity contribution in [3.63, 3.8) is 0 Å². The maximum absolute atomic E-state index is 5.75. The summed E-state index contributed by atoms with van der Waals surface area (Å²) in [6.07, 6.45) is 0.828. The van der Waals surface area contributed by atoms with Gasteiger partial charge in [0.15, 0.2) is 0 Å². The van der Waals surface area contributed by atoms with E-state index in [0.29, 0.717) is 6.54 Å². The van der Waals surface area contributed by atoms with Crippen LogP contribution in [0.3, 0.4) is 0 Å². The first kappa shape index (κ1) is 14.0. The van der Waals surface area contributed by atoms with E-state index in [9.17, 15) is 0 Å². The van der Waals surface area contributed by atoms with E-state index in [1.807, 2.05) is 23.7 Å². The van der Waals surface area contributed by atoms with E-state index in [1.165, 1.54) is 5.56 Å². The molecule has 2 aromatic heterocycles. The Morgan fingerprint density at radius 2 is 2.14 bits per heavy atom. The SMILES string of the molecule is CN(Cc1cscn1)c1nc2ccccc2cc1CCN. The predicted octanol–water partition coefficient (Wildman–Crippen LogP) is 2.83. The summed E-state index contributed by atoms with van der Waals surface area (Å²) in [7, 11) is 2.05. The van der Waals surface area contributed by atoms with E-state index in [0.717, 1.165) is 35.4 Å². The Bertz CT molecular complexity index is 724.